The van der Waals surface area contributed by atoms with E-state index >= 15 is 0 Å². The number of aromatic nitrogens is 2. The normalized spacial score (nSPS) is 11.7. The summed E-state index contributed by atoms with van der Waals surface area (Å²) in [6.07, 6.45) is 0. The van der Waals surface area contributed by atoms with Crippen molar-refractivity contribution in [3.63, 3.8) is 0 Å². The van der Waals surface area contributed by atoms with E-state index in [1.807, 2.05) is 0 Å². The molecule has 0 bridgehead atoms. The van der Waals surface area contributed by atoms with E-state index in [1.165, 1.54) is 116 Å². The molecule has 16 aromatic rings. The van der Waals surface area contributed by atoms with Crippen LogP contribution < -0.4 is 9.80 Å². The first kappa shape index (κ1) is 50.8. The monoisotopic (exact) mass is 1100 g/mol. The number of anilines is 6. The molecule has 0 unspecified atom stereocenters. The molecule has 86 heavy (non-hydrogen) atoms. The lowest BCUT2D eigenvalue weighted by molar-refractivity contribution is 1.17. The Kier molecular flexibility index (Phi) is 12.1. The predicted molar refractivity (Wildman–Crippen MR) is 365 cm³/mol. The van der Waals surface area contributed by atoms with Gasteiger partial charge in [-0.2, -0.15) is 0 Å². The first-order valence-corrected chi connectivity index (χ1v) is 29.8. The summed E-state index contributed by atoms with van der Waals surface area (Å²) in [5, 5.41) is 7.28. The Hall–Kier alpha value is -10.9. The molecule has 3 heterocycles. The van der Waals surface area contributed by atoms with Crippen molar-refractivity contribution in [2.24, 2.45) is 0 Å². The van der Waals surface area contributed by atoms with Crippen molar-refractivity contribution in [2.75, 3.05) is 9.80 Å². The SMILES string of the molecule is Cc1ccc(-c2ccccc2)cc1N(c1ccc2c3cc4c(cc3n(-c3ccccc3)c2c1)c1ccc(N(c2cc(-c3ccccc3)ccc2C)c2cc(-c3ccccc3)ccc2C)c2c3ccccc3n4c12)c1cc(-c2ccccc2)ccc1C. The zero-order valence-corrected chi connectivity index (χ0v) is 48.5. The van der Waals surface area contributed by atoms with Crippen molar-refractivity contribution in [1.82, 2.24) is 8.97 Å². The van der Waals surface area contributed by atoms with Crippen LogP contribution in [0.3, 0.4) is 0 Å². The van der Waals surface area contributed by atoms with E-state index in [4.69, 9.17) is 0 Å². The van der Waals surface area contributed by atoms with Gasteiger partial charge in [-0.3, -0.25) is 0 Å². The Balaban J connectivity index is 0.948. The van der Waals surface area contributed by atoms with Gasteiger partial charge < -0.3 is 18.8 Å². The third kappa shape index (κ3) is 8.28. The molecular formula is C82H60N4. The highest BCUT2D eigenvalue weighted by atomic mass is 15.2. The van der Waals surface area contributed by atoms with Gasteiger partial charge in [0.15, 0.2) is 0 Å². The lowest BCUT2D eigenvalue weighted by atomic mass is 9.97. The molecule has 0 aliphatic heterocycles. The maximum Gasteiger partial charge on any atom is 0.0641 e. The zero-order chi connectivity index (χ0) is 57.6. The Morgan fingerprint density at radius 1 is 0.244 bits per heavy atom. The number of rotatable bonds is 11. The van der Waals surface area contributed by atoms with E-state index in [-0.39, 0.29) is 0 Å². The van der Waals surface area contributed by atoms with Gasteiger partial charge in [0, 0.05) is 66.4 Å². The molecule has 0 fully saturated rings. The van der Waals surface area contributed by atoms with Crippen LogP contribution in [0.2, 0.25) is 0 Å². The Bertz CT molecular complexity index is 5080. The van der Waals surface area contributed by atoms with E-state index in [1.54, 1.807) is 0 Å². The zero-order valence-electron chi connectivity index (χ0n) is 48.5. The molecule has 0 spiro atoms. The van der Waals surface area contributed by atoms with Crippen LogP contribution in [0.4, 0.5) is 34.1 Å². The molecule has 0 aliphatic rings. The first-order chi connectivity index (χ1) is 42.3. The van der Waals surface area contributed by atoms with Crippen molar-refractivity contribution in [3.05, 3.63) is 313 Å². The first-order valence-electron chi connectivity index (χ1n) is 29.8. The fourth-order valence-corrected chi connectivity index (χ4v) is 13.6. The van der Waals surface area contributed by atoms with Crippen molar-refractivity contribution in [1.29, 1.82) is 0 Å². The van der Waals surface area contributed by atoms with Crippen LogP contribution in [0.5, 0.6) is 0 Å². The summed E-state index contributed by atoms with van der Waals surface area (Å²) in [6, 6.07) is 108. The summed E-state index contributed by atoms with van der Waals surface area (Å²) in [7, 11) is 0. The minimum absolute atomic E-state index is 1.08. The summed E-state index contributed by atoms with van der Waals surface area (Å²) >= 11 is 0. The van der Waals surface area contributed by atoms with E-state index in [9.17, 15) is 0 Å². The molecule has 4 nitrogen and oxygen atoms in total. The maximum absolute atomic E-state index is 2.56. The van der Waals surface area contributed by atoms with Gasteiger partial charge in [0.1, 0.15) is 0 Å². The topological polar surface area (TPSA) is 15.8 Å². The van der Waals surface area contributed by atoms with Crippen LogP contribution in [0.25, 0.3) is 110 Å². The number of para-hydroxylation sites is 2. The highest BCUT2D eigenvalue weighted by molar-refractivity contribution is 6.29. The third-order valence-electron chi connectivity index (χ3n) is 17.9. The van der Waals surface area contributed by atoms with Gasteiger partial charge in [-0.15, -0.1) is 0 Å². The number of aryl methyl sites for hydroxylation is 4. The molecule has 0 saturated heterocycles. The average Bonchev–Trinajstić information content (AvgIpc) is 1.76. The van der Waals surface area contributed by atoms with Crippen LogP contribution in [0.15, 0.2) is 291 Å². The molecule has 0 radical (unpaired) electrons. The minimum atomic E-state index is 1.08. The molecule has 0 atom stereocenters. The van der Waals surface area contributed by atoms with Crippen LogP contribution >= 0.6 is 0 Å². The summed E-state index contributed by atoms with van der Waals surface area (Å²) in [4.78, 5) is 5.05. The number of nitrogens with zero attached hydrogens (tertiary/aromatic N) is 4. The van der Waals surface area contributed by atoms with Gasteiger partial charge in [-0.1, -0.05) is 218 Å². The molecule has 4 heteroatoms. The summed E-state index contributed by atoms with van der Waals surface area (Å²) < 4.78 is 5.06. The van der Waals surface area contributed by atoms with Gasteiger partial charge in [-0.25, -0.2) is 0 Å². The van der Waals surface area contributed by atoms with Crippen LogP contribution in [-0.2, 0) is 0 Å². The van der Waals surface area contributed by atoms with Crippen molar-refractivity contribution < 1.29 is 0 Å². The summed E-state index contributed by atoms with van der Waals surface area (Å²) in [5.74, 6) is 0. The molecule has 3 aromatic heterocycles. The number of hydrogen-bond acceptors (Lipinski definition) is 2. The Morgan fingerprint density at radius 3 is 1.13 bits per heavy atom. The number of fused-ring (bicyclic) bond motifs is 9. The van der Waals surface area contributed by atoms with Gasteiger partial charge in [0.2, 0.25) is 0 Å². The Labute approximate surface area is 501 Å². The van der Waals surface area contributed by atoms with E-state index < -0.39 is 0 Å². The third-order valence-corrected chi connectivity index (χ3v) is 17.9. The van der Waals surface area contributed by atoms with Gasteiger partial charge in [0.25, 0.3) is 0 Å². The van der Waals surface area contributed by atoms with Crippen molar-refractivity contribution >= 4 is 94.0 Å². The van der Waals surface area contributed by atoms with Crippen molar-refractivity contribution in [2.45, 2.75) is 27.7 Å². The predicted octanol–water partition coefficient (Wildman–Crippen LogP) is 22.8. The molecule has 0 saturated carbocycles. The second kappa shape index (κ2) is 20.4. The van der Waals surface area contributed by atoms with E-state index in [0.717, 1.165) is 50.8 Å². The quantitative estimate of drug-likeness (QED) is 0.128. The molecule has 0 N–H and O–H groups in total. The number of benzene rings is 13. The second-order valence-corrected chi connectivity index (χ2v) is 23.1. The van der Waals surface area contributed by atoms with Crippen LogP contribution in [0, 0.1) is 27.7 Å². The van der Waals surface area contributed by atoms with Gasteiger partial charge in [0.05, 0.1) is 33.3 Å². The lowest BCUT2D eigenvalue weighted by Crippen LogP contribution is -2.13. The van der Waals surface area contributed by atoms with Crippen LogP contribution in [0.1, 0.15) is 22.3 Å². The fraction of sp³-hybridized carbons (Fsp3) is 0.0488. The largest absolute Gasteiger partial charge is 0.310 e. The van der Waals surface area contributed by atoms with Gasteiger partial charge in [-0.05, 0) is 167 Å². The molecular weight excluding hydrogens is 1040 g/mol. The number of hydrogen-bond donors (Lipinski definition) is 0. The lowest BCUT2D eigenvalue weighted by Gasteiger charge is -2.30. The maximum atomic E-state index is 2.56. The second-order valence-electron chi connectivity index (χ2n) is 23.1. The molecule has 408 valence electrons. The molecule has 16 rings (SSSR count). The van der Waals surface area contributed by atoms with Crippen molar-refractivity contribution in [3.8, 4) is 50.2 Å². The highest BCUT2D eigenvalue weighted by Gasteiger charge is 2.28. The summed E-state index contributed by atoms with van der Waals surface area (Å²) in [5.41, 5.74) is 28.0. The fourth-order valence-electron chi connectivity index (χ4n) is 13.6. The Morgan fingerprint density at radius 2 is 0.640 bits per heavy atom. The average molecular weight is 1100 g/mol. The smallest absolute Gasteiger partial charge is 0.0641 e. The standard InChI is InChI=1S/C82H60N4/c1-53-34-38-61(57-22-10-5-11-23-57)46-74(53)84(75-47-62(39-35-54(75)2)58-24-12-6-13-25-58)66-42-43-67-70-51-80-71(52-79(70)83(78(67)50-66)65-30-18-9-19-31-65)68-44-45-73(81-69-32-20-21-33-72(69)86(80)82(68)81)85(76-48-63(40-36-55(76)3)59-26-14-7-15-27-59)77-49-64(41-37-56(77)4)60-28-16-8-17-29-60/h5-52H,1-4H3. The van der Waals surface area contributed by atoms with E-state index in [0.29, 0.717) is 0 Å². The highest BCUT2D eigenvalue weighted by Crippen LogP contribution is 2.51. The van der Waals surface area contributed by atoms with Gasteiger partial charge >= 0.3 is 0 Å². The molecule has 0 aliphatic carbocycles. The summed E-state index contributed by atoms with van der Waals surface area (Å²) in [6.45, 7) is 8.99. The minimum Gasteiger partial charge on any atom is -0.310 e. The molecule has 13 aromatic carbocycles. The molecule has 0 amide bonds. The van der Waals surface area contributed by atoms with Crippen LogP contribution in [-0.4, -0.2) is 8.97 Å². The van der Waals surface area contributed by atoms with E-state index in [2.05, 4.69) is 338 Å².